The maximum Gasteiger partial charge on any atom is 0.312 e. The number of benzene rings is 2. The molecule has 0 bridgehead atoms. The first-order chi connectivity index (χ1) is 12.8. The van der Waals surface area contributed by atoms with E-state index < -0.39 is 22.0 Å². The van der Waals surface area contributed by atoms with Gasteiger partial charge >= 0.3 is 6.03 Å². The van der Waals surface area contributed by atoms with Crippen LogP contribution >= 0.6 is 11.8 Å². The Morgan fingerprint density at radius 3 is 2.15 bits per heavy atom. The van der Waals surface area contributed by atoms with E-state index in [-0.39, 0.29) is 17.0 Å². The molecule has 7 nitrogen and oxygen atoms in total. The third-order valence-corrected chi connectivity index (χ3v) is 5.91. The molecule has 9 heteroatoms. The van der Waals surface area contributed by atoms with Gasteiger partial charge in [0, 0.05) is 17.9 Å². The van der Waals surface area contributed by atoms with E-state index in [1.807, 2.05) is 12.1 Å². The number of nitrogens with two attached hydrogens (primary N) is 1. The molecule has 2 aromatic carbocycles. The Morgan fingerprint density at radius 1 is 1.00 bits per heavy atom. The van der Waals surface area contributed by atoms with Crippen molar-refractivity contribution >= 4 is 33.7 Å². The van der Waals surface area contributed by atoms with Crippen LogP contribution in [0.3, 0.4) is 0 Å². The van der Waals surface area contributed by atoms with E-state index in [0.717, 1.165) is 17.1 Å². The third kappa shape index (κ3) is 6.30. The number of carbonyl (C=O) groups is 2. The molecule has 0 aliphatic heterocycles. The van der Waals surface area contributed by atoms with Gasteiger partial charge in [-0.15, -0.1) is 0 Å². The summed E-state index contributed by atoms with van der Waals surface area (Å²) in [7, 11) is -4.00. The van der Waals surface area contributed by atoms with Crippen LogP contribution in [0.25, 0.3) is 0 Å². The number of hydrogen-bond donors (Lipinski definition) is 3. The fourth-order valence-electron chi connectivity index (χ4n) is 2.19. The predicted molar refractivity (Wildman–Crippen MR) is 106 cm³/mol. The summed E-state index contributed by atoms with van der Waals surface area (Å²) in [6, 6.07) is 12.0. The molecule has 4 N–H and O–H groups in total. The van der Waals surface area contributed by atoms with Crippen LogP contribution < -0.4 is 15.8 Å². The molecule has 144 valence electrons. The van der Waals surface area contributed by atoms with Crippen molar-refractivity contribution in [2.75, 3.05) is 5.75 Å². The highest BCUT2D eigenvalue weighted by Gasteiger charge is 2.18. The Morgan fingerprint density at radius 2 is 1.59 bits per heavy atom. The number of thioether (sulfide) groups is 1. The minimum absolute atomic E-state index is 0.0466. The number of rotatable bonds is 8. The number of amides is 3. The number of sulfonamides is 1. The van der Waals surface area contributed by atoms with Crippen molar-refractivity contribution in [3.8, 4) is 0 Å². The van der Waals surface area contributed by atoms with Gasteiger partial charge in [0.1, 0.15) is 0 Å². The molecule has 0 aliphatic carbocycles. The number of carbonyl (C=O) groups excluding carboxylic acids is 2. The van der Waals surface area contributed by atoms with Crippen molar-refractivity contribution < 1.29 is 18.0 Å². The molecular formula is C18H21N3O4S2. The van der Waals surface area contributed by atoms with E-state index in [2.05, 4.69) is 17.0 Å². The van der Waals surface area contributed by atoms with Crippen LogP contribution in [-0.4, -0.2) is 26.1 Å². The standard InChI is InChI=1S/C18H21N3O4S2/c1-2-26-12-14-3-7-15(8-4-14)17(22)21-27(24,25)16-9-5-13(6-10-16)11-20-18(19)23/h3-10H,2,11-12H2,1H3,(H,21,22)(H3,19,20,23). The molecule has 0 spiro atoms. The fourth-order valence-corrected chi connectivity index (χ4v) is 3.79. The van der Waals surface area contributed by atoms with Crippen molar-refractivity contribution in [2.45, 2.75) is 24.1 Å². The second-order valence-corrected chi connectivity index (χ2v) is 8.59. The van der Waals surface area contributed by atoms with Crippen LogP contribution in [0.15, 0.2) is 53.4 Å². The van der Waals surface area contributed by atoms with Gasteiger partial charge in [-0.3, -0.25) is 4.79 Å². The van der Waals surface area contributed by atoms with Crippen LogP contribution in [-0.2, 0) is 22.3 Å². The number of hydrogen-bond acceptors (Lipinski definition) is 5. The minimum Gasteiger partial charge on any atom is -0.352 e. The predicted octanol–water partition coefficient (Wildman–Crippen LogP) is 2.23. The van der Waals surface area contributed by atoms with Crippen molar-refractivity contribution in [1.29, 1.82) is 0 Å². The Kier molecular flexibility index (Phi) is 7.26. The highest BCUT2D eigenvalue weighted by Crippen LogP contribution is 2.14. The van der Waals surface area contributed by atoms with Gasteiger partial charge in [-0.25, -0.2) is 17.9 Å². The fraction of sp³-hybridized carbons (Fsp3) is 0.222. The summed E-state index contributed by atoms with van der Waals surface area (Å²) in [5, 5.41) is 2.41. The summed E-state index contributed by atoms with van der Waals surface area (Å²) in [4.78, 5) is 22.9. The van der Waals surface area contributed by atoms with E-state index >= 15 is 0 Å². The Balaban J connectivity index is 2.04. The first kappa shape index (κ1) is 20.8. The first-order valence-corrected chi connectivity index (χ1v) is 10.8. The molecule has 0 aromatic heterocycles. The second kappa shape index (κ2) is 9.43. The summed E-state index contributed by atoms with van der Waals surface area (Å²) in [5.74, 6) is 1.15. The summed E-state index contributed by atoms with van der Waals surface area (Å²) >= 11 is 1.76. The normalized spacial score (nSPS) is 11.0. The zero-order chi connectivity index (χ0) is 19.9. The Bertz CT molecular complexity index is 895. The molecule has 0 radical (unpaired) electrons. The van der Waals surface area contributed by atoms with Gasteiger partial charge in [0.05, 0.1) is 4.90 Å². The second-order valence-electron chi connectivity index (χ2n) is 5.63. The quantitative estimate of drug-likeness (QED) is 0.620. The van der Waals surface area contributed by atoms with E-state index in [4.69, 9.17) is 5.73 Å². The SMILES string of the molecule is CCSCc1ccc(C(=O)NS(=O)(=O)c2ccc(CNC(N)=O)cc2)cc1. The number of primary amides is 1. The molecule has 0 fully saturated rings. The van der Waals surface area contributed by atoms with E-state index in [1.165, 1.54) is 24.3 Å². The largest absolute Gasteiger partial charge is 0.352 e. The van der Waals surface area contributed by atoms with Crippen LogP contribution in [0.2, 0.25) is 0 Å². The lowest BCUT2D eigenvalue weighted by Crippen LogP contribution is -2.30. The van der Waals surface area contributed by atoms with E-state index in [0.29, 0.717) is 5.56 Å². The average molecular weight is 408 g/mol. The van der Waals surface area contributed by atoms with Gasteiger partial charge in [-0.2, -0.15) is 11.8 Å². The Hall–Kier alpha value is -2.52. The van der Waals surface area contributed by atoms with Gasteiger partial charge < -0.3 is 11.1 Å². The molecular weight excluding hydrogens is 386 g/mol. The molecule has 0 atom stereocenters. The summed E-state index contributed by atoms with van der Waals surface area (Å²) in [6.45, 7) is 2.25. The third-order valence-electron chi connectivity index (χ3n) is 3.62. The lowest BCUT2D eigenvalue weighted by atomic mass is 10.1. The van der Waals surface area contributed by atoms with Gasteiger partial charge in [0.15, 0.2) is 0 Å². The van der Waals surface area contributed by atoms with Crippen LogP contribution in [0, 0.1) is 0 Å². The van der Waals surface area contributed by atoms with E-state index in [1.54, 1.807) is 23.9 Å². The highest BCUT2D eigenvalue weighted by molar-refractivity contribution is 7.98. The molecule has 0 heterocycles. The topological polar surface area (TPSA) is 118 Å². The number of urea groups is 1. The summed E-state index contributed by atoms with van der Waals surface area (Å²) < 4.78 is 26.8. The van der Waals surface area contributed by atoms with Crippen LogP contribution in [0.5, 0.6) is 0 Å². The molecule has 0 unspecified atom stereocenters. The summed E-state index contributed by atoms with van der Waals surface area (Å²) in [6.07, 6.45) is 0. The zero-order valence-electron chi connectivity index (χ0n) is 14.8. The monoisotopic (exact) mass is 407 g/mol. The van der Waals surface area contributed by atoms with Gasteiger partial charge in [-0.05, 0) is 41.1 Å². The molecule has 2 aromatic rings. The van der Waals surface area contributed by atoms with Crippen molar-refractivity contribution in [3.05, 3.63) is 65.2 Å². The first-order valence-electron chi connectivity index (χ1n) is 8.18. The van der Waals surface area contributed by atoms with Gasteiger partial charge in [0.2, 0.25) is 0 Å². The smallest absolute Gasteiger partial charge is 0.312 e. The molecule has 27 heavy (non-hydrogen) atoms. The minimum atomic E-state index is -4.00. The summed E-state index contributed by atoms with van der Waals surface area (Å²) in [5.41, 5.74) is 7.01. The Labute approximate surface area is 162 Å². The molecule has 0 aliphatic rings. The van der Waals surface area contributed by atoms with Crippen LogP contribution in [0.4, 0.5) is 4.79 Å². The van der Waals surface area contributed by atoms with Crippen molar-refractivity contribution in [2.24, 2.45) is 5.73 Å². The van der Waals surface area contributed by atoms with Gasteiger partial charge in [-0.1, -0.05) is 31.2 Å². The van der Waals surface area contributed by atoms with E-state index in [9.17, 15) is 18.0 Å². The highest BCUT2D eigenvalue weighted by atomic mass is 32.2. The molecule has 0 saturated heterocycles. The van der Waals surface area contributed by atoms with Crippen LogP contribution in [0.1, 0.15) is 28.4 Å². The lowest BCUT2D eigenvalue weighted by Gasteiger charge is -2.09. The molecule has 0 saturated carbocycles. The molecule has 3 amide bonds. The van der Waals surface area contributed by atoms with Crippen molar-refractivity contribution in [1.82, 2.24) is 10.0 Å². The lowest BCUT2D eigenvalue weighted by molar-refractivity contribution is 0.0981. The van der Waals surface area contributed by atoms with Gasteiger partial charge in [0.25, 0.3) is 15.9 Å². The maximum atomic E-state index is 12.4. The maximum absolute atomic E-state index is 12.4. The van der Waals surface area contributed by atoms with Crippen molar-refractivity contribution in [3.63, 3.8) is 0 Å². The average Bonchev–Trinajstić information content (AvgIpc) is 2.65. The number of nitrogens with one attached hydrogen (secondary N) is 2. The molecule has 2 rings (SSSR count). The zero-order valence-corrected chi connectivity index (χ0v) is 16.4.